The maximum absolute atomic E-state index is 15.4. The molecule has 5 heterocycles. The molecule has 2 saturated heterocycles. The number of H-pyrrole nitrogens is 1. The first-order valence-electron chi connectivity index (χ1n) is 13.5. The zero-order chi connectivity index (χ0) is 27.6. The van der Waals surface area contributed by atoms with Gasteiger partial charge in [0.2, 0.25) is 5.88 Å². The van der Waals surface area contributed by atoms with Crippen molar-refractivity contribution >= 4 is 34.1 Å². The van der Waals surface area contributed by atoms with Gasteiger partial charge in [0.05, 0.1) is 17.4 Å². The monoisotopic (exact) mass is 548 g/mol. The molecule has 4 aromatic rings. The molecule has 40 heavy (non-hydrogen) atoms. The number of rotatable bonds is 6. The first kappa shape index (κ1) is 25.9. The van der Waals surface area contributed by atoms with Gasteiger partial charge >= 0.3 is 0 Å². The molecule has 10 nitrogen and oxygen atoms in total. The Labute approximate surface area is 229 Å². The Balaban J connectivity index is 1.35. The predicted octanol–water partition coefficient (Wildman–Crippen LogP) is 4.51. The number of likely N-dealkylation sites (tertiary alicyclic amines) is 1. The normalized spacial score (nSPS) is 15.9. The fourth-order valence-electron chi connectivity index (χ4n) is 5.19. The molecule has 1 amide bonds. The van der Waals surface area contributed by atoms with Crippen LogP contribution in [0, 0.1) is 18.6 Å². The second-order valence-electron chi connectivity index (χ2n) is 10.0. The standard InChI is InChI=1S/C28H30F2N8O2/c1-17-13-19-24(30)21(14-20(29)25(19)35-17)40-27-23(28(39)38-9-3-2-4-10-38)26(33-16-34-27)36-22-6-5-18(15-32-22)37-11-7-31-8-12-37/h5-6,13-16,31,35H,2-4,7-12H2,1H3,(H,32,33,34,36). The molecule has 0 saturated carbocycles. The van der Waals surface area contributed by atoms with Gasteiger partial charge in [0.25, 0.3) is 5.91 Å². The van der Waals surface area contributed by atoms with Gasteiger partial charge in [-0.15, -0.1) is 0 Å². The van der Waals surface area contributed by atoms with E-state index in [9.17, 15) is 9.18 Å². The quantitative estimate of drug-likeness (QED) is 0.323. The van der Waals surface area contributed by atoms with Crippen molar-refractivity contribution in [2.45, 2.75) is 26.2 Å². The number of halogens is 2. The van der Waals surface area contributed by atoms with Crippen LogP contribution in [0.15, 0.2) is 36.8 Å². The summed E-state index contributed by atoms with van der Waals surface area (Å²) in [5.74, 6) is -1.69. The minimum atomic E-state index is -0.754. The summed E-state index contributed by atoms with van der Waals surface area (Å²) in [6.07, 6.45) is 5.76. The number of piperazine rings is 1. The number of anilines is 3. The van der Waals surface area contributed by atoms with E-state index in [0.29, 0.717) is 24.6 Å². The number of aromatic amines is 1. The van der Waals surface area contributed by atoms with Crippen LogP contribution in [-0.4, -0.2) is 70.0 Å². The third-order valence-electron chi connectivity index (χ3n) is 7.25. The number of carbonyl (C=O) groups excluding carboxylic acids is 1. The molecule has 6 rings (SSSR count). The molecular formula is C28H30F2N8O2. The summed E-state index contributed by atoms with van der Waals surface area (Å²) in [5, 5.41) is 6.50. The maximum atomic E-state index is 15.4. The zero-order valence-corrected chi connectivity index (χ0v) is 22.1. The minimum absolute atomic E-state index is 0.0301. The summed E-state index contributed by atoms with van der Waals surface area (Å²) in [6, 6.07) is 6.22. The van der Waals surface area contributed by atoms with Crippen molar-refractivity contribution in [3.05, 3.63) is 59.7 Å². The molecule has 0 spiro atoms. The number of aryl methyl sites for hydroxylation is 1. The Kier molecular flexibility index (Phi) is 7.16. The molecule has 3 aromatic heterocycles. The summed E-state index contributed by atoms with van der Waals surface area (Å²) >= 11 is 0. The Morgan fingerprint density at radius 1 is 1.02 bits per heavy atom. The lowest BCUT2D eigenvalue weighted by Gasteiger charge is -2.29. The highest BCUT2D eigenvalue weighted by Gasteiger charge is 2.28. The van der Waals surface area contributed by atoms with Crippen molar-refractivity contribution in [1.82, 2.24) is 30.2 Å². The van der Waals surface area contributed by atoms with Crippen LogP contribution >= 0.6 is 0 Å². The first-order valence-corrected chi connectivity index (χ1v) is 13.5. The van der Waals surface area contributed by atoms with Crippen molar-refractivity contribution in [2.75, 3.05) is 49.5 Å². The molecule has 0 radical (unpaired) electrons. The number of piperidine rings is 1. The van der Waals surface area contributed by atoms with Gasteiger partial charge in [-0.3, -0.25) is 4.79 Å². The van der Waals surface area contributed by atoms with Crippen LogP contribution in [0.4, 0.5) is 26.1 Å². The summed E-state index contributed by atoms with van der Waals surface area (Å²) in [4.78, 5) is 33.5. The topological polar surface area (TPSA) is 111 Å². The number of amides is 1. The number of carbonyl (C=O) groups is 1. The largest absolute Gasteiger partial charge is 0.435 e. The fraction of sp³-hybridized carbons (Fsp3) is 0.357. The average molecular weight is 549 g/mol. The molecular weight excluding hydrogens is 518 g/mol. The Morgan fingerprint density at radius 3 is 2.58 bits per heavy atom. The lowest BCUT2D eigenvalue weighted by Crippen LogP contribution is -2.43. The van der Waals surface area contributed by atoms with Crippen molar-refractivity contribution in [2.24, 2.45) is 0 Å². The second-order valence-corrected chi connectivity index (χ2v) is 10.0. The van der Waals surface area contributed by atoms with Gasteiger partial charge in [-0.1, -0.05) is 0 Å². The van der Waals surface area contributed by atoms with Crippen LogP contribution in [0.5, 0.6) is 11.6 Å². The highest BCUT2D eigenvalue weighted by atomic mass is 19.1. The number of hydrogen-bond acceptors (Lipinski definition) is 8. The SMILES string of the molecule is Cc1cc2c(F)c(Oc3ncnc(Nc4ccc(N5CCNCC5)cn4)c3C(=O)N3CCCCC3)cc(F)c2[nH]1. The van der Waals surface area contributed by atoms with Crippen molar-refractivity contribution in [3.8, 4) is 11.6 Å². The second kappa shape index (κ2) is 11.0. The highest BCUT2D eigenvalue weighted by Crippen LogP contribution is 2.35. The van der Waals surface area contributed by atoms with Gasteiger partial charge in [0.1, 0.15) is 17.7 Å². The van der Waals surface area contributed by atoms with Gasteiger partial charge in [-0.25, -0.2) is 23.7 Å². The molecule has 3 N–H and O–H groups in total. The number of benzene rings is 1. The lowest BCUT2D eigenvalue weighted by molar-refractivity contribution is 0.0721. The predicted molar refractivity (Wildman–Crippen MR) is 147 cm³/mol. The van der Waals surface area contributed by atoms with E-state index < -0.39 is 11.6 Å². The van der Waals surface area contributed by atoms with E-state index in [1.54, 1.807) is 18.0 Å². The summed E-state index contributed by atoms with van der Waals surface area (Å²) in [6.45, 7) is 6.45. The summed E-state index contributed by atoms with van der Waals surface area (Å²) in [7, 11) is 0. The number of aromatic nitrogens is 4. The van der Waals surface area contributed by atoms with Crippen LogP contribution in [0.3, 0.4) is 0 Å². The summed E-state index contributed by atoms with van der Waals surface area (Å²) in [5.41, 5.74) is 1.68. The molecule has 2 fully saturated rings. The van der Waals surface area contributed by atoms with Crippen molar-refractivity contribution in [3.63, 3.8) is 0 Å². The molecule has 2 aliphatic heterocycles. The Bertz CT molecular complexity index is 1530. The van der Waals surface area contributed by atoms with Crippen LogP contribution in [0.1, 0.15) is 35.3 Å². The Morgan fingerprint density at radius 2 is 1.82 bits per heavy atom. The van der Waals surface area contributed by atoms with Crippen molar-refractivity contribution in [1.29, 1.82) is 0 Å². The van der Waals surface area contributed by atoms with Gasteiger partial charge in [-0.2, -0.15) is 0 Å². The van der Waals surface area contributed by atoms with Crippen molar-refractivity contribution < 1.29 is 18.3 Å². The van der Waals surface area contributed by atoms with E-state index in [4.69, 9.17) is 4.74 Å². The number of nitrogens with zero attached hydrogens (tertiary/aromatic N) is 5. The van der Waals surface area contributed by atoms with E-state index in [2.05, 4.69) is 35.5 Å². The van der Waals surface area contributed by atoms with E-state index in [1.807, 2.05) is 12.1 Å². The molecule has 1 aromatic carbocycles. The van der Waals surface area contributed by atoms with Crippen LogP contribution in [0.2, 0.25) is 0 Å². The highest BCUT2D eigenvalue weighted by molar-refractivity contribution is 6.01. The third kappa shape index (κ3) is 5.14. The van der Waals surface area contributed by atoms with Gasteiger partial charge in [0, 0.05) is 56.4 Å². The van der Waals surface area contributed by atoms with Crippen LogP contribution < -0.4 is 20.3 Å². The van der Waals surface area contributed by atoms with Gasteiger partial charge in [0.15, 0.2) is 23.2 Å². The zero-order valence-electron chi connectivity index (χ0n) is 22.1. The molecule has 0 aliphatic carbocycles. The van der Waals surface area contributed by atoms with E-state index in [1.165, 1.54) is 12.4 Å². The number of nitrogens with one attached hydrogen (secondary N) is 3. The fourth-order valence-corrected chi connectivity index (χ4v) is 5.19. The first-order chi connectivity index (χ1) is 19.5. The number of hydrogen-bond donors (Lipinski definition) is 3. The number of pyridine rings is 1. The molecule has 0 bridgehead atoms. The minimum Gasteiger partial charge on any atom is -0.435 e. The van der Waals surface area contributed by atoms with Crippen LogP contribution in [0.25, 0.3) is 10.9 Å². The van der Waals surface area contributed by atoms with Crippen LogP contribution in [-0.2, 0) is 0 Å². The molecule has 208 valence electrons. The van der Waals surface area contributed by atoms with E-state index >= 15 is 4.39 Å². The molecule has 2 aliphatic rings. The van der Waals surface area contributed by atoms with E-state index in [0.717, 1.165) is 57.2 Å². The maximum Gasteiger partial charge on any atom is 0.263 e. The lowest BCUT2D eigenvalue weighted by atomic mass is 10.1. The summed E-state index contributed by atoms with van der Waals surface area (Å²) < 4.78 is 36.0. The molecule has 0 atom stereocenters. The molecule has 12 heteroatoms. The van der Waals surface area contributed by atoms with Gasteiger partial charge < -0.3 is 30.2 Å². The smallest absolute Gasteiger partial charge is 0.263 e. The average Bonchev–Trinajstić information content (AvgIpc) is 3.39. The van der Waals surface area contributed by atoms with Gasteiger partial charge in [-0.05, 0) is 44.4 Å². The number of fused-ring (bicyclic) bond motifs is 1. The number of ether oxygens (including phenoxy) is 1. The third-order valence-corrected chi connectivity index (χ3v) is 7.25. The molecule has 0 unspecified atom stereocenters. The Hall–Kier alpha value is -4.32. The van der Waals surface area contributed by atoms with E-state index in [-0.39, 0.29) is 39.8 Å².